The van der Waals surface area contributed by atoms with Crippen LogP contribution in [0.15, 0.2) is 35.2 Å². The van der Waals surface area contributed by atoms with Gasteiger partial charge in [-0.05, 0) is 49.7 Å². The molecule has 0 aliphatic carbocycles. The molecule has 0 unspecified atom stereocenters. The van der Waals surface area contributed by atoms with Gasteiger partial charge >= 0.3 is 0 Å². The average Bonchev–Trinajstić information content (AvgIpc) is 2.79. The Morgan fingerprint density at radius 2 is 1.95 bits per heavy atom. The molecule has 0 atom stereocenters. The summed E-state index contributed by atoms with van der Waals surface area (Å²) >= 11 is 1.67. The van der Waals surface area contributed by atoms with Crippen molar-refractivity contribution in [3.05, 3.63) is 53.1 Å². The highest BCUT2D eigenvalue weighted by Crippen LogP contribution is 2.41. The lowest BCUT2D eigenvalue weighted by Crippen LogP contribution is -1.99. The van der Waals surface area contributed by atoms with Crippen molar-refractivity contribution in [2.75, 3.05) is 7.05 Å². The van der Waals surface area contributed by atoms with E-state index in [1.54, 1.807) is 11.9 Å². The summed E-state index contributed by atoms with van der Waals surface area (Å²) in [6.45, 7) is 2.87. The first-order valence-electron chi connectivity index (χ1n) is 6.19. The molecule has 20 heavy (non-hydrogen) atoms. The molecule has 0 radical (unpaired) electrons. The molecule has 1 aliphatic heterocycles. The first kappa shape index (κ1) is 13.4. The third-order valence-electron chi connectivity index (χ3n) is 3.20. The van der Waals surface area contributed by atoms with Gasteiger partial charge in [0.1, 0.15) is 11.5 Å². The molecule has 0 amide bonds. The molecule has 3 rings (SSSR count). The summed E-state index contributed by atoms with van der Waals surface area (Å²) < 4.78 is 33.9. The lowest BCUT2D eigenvalue weighted by atomic mass is 10.1. The standard InChI is InChI=1S/C15H13F2NOS/c1-9-14(6-3-10-8-18(2)20-15(9)10)19-11-4-5-12(16)13(17)7-11/h3-7H,8H2,1-2H3. The summed E-state index contributed by atoms with van der Waals surface area (Å²) in [6.07, 6.45) is 0. The van der Waals surface area contributed by atoms with Gasteiger partial charge in [-0.15, -0.1) is 0 Å². The highest BCUT2D eigenvalue weighted by atomic mass is 32.2. The van der Waals surface area contributed by atoms with Crippen molar-refractivity contribution in [3.8, 4) is 11.5 Å². The van der Waals surface area contributed by atoms with Crippen LogP contribution in [0.25, 0.3) is 0 Å². The van der Waals surface area contributed by atoms with E-state index < -0.39 is 11.6 Å². The molecule has 1 heterocycles. The Labute approximate surface area is 120 Å². The number of nitrogens with zero attached hydrogens (tertiary/aromatic N) is 1. The van der Waals surface area contributed by atoms with E-state index in [0.29, 0.717) is 11.5 Å². The van der Waals surface area contributed by atoms with Crippen LogP contribution in [0, 0.1) is 18.6 Å². The van der Waals surface area contributed by atoms with Crippen molar-refractivity contribution < 1.29 is 13.5 Å². The third-order valence-corrected chi connectivity index (χ3v) is 4.39. The maximum Gasteiger partial charge on any atom is 0.162 e. The fourth-order valence-corrected chi connectivity index (χ4v) is 3.19. The number of ether oxygens (including phenoxy) is 1. The largest absolute Gasteiger partial charge is 0.457 e. The van der Waals surface area contributed by atoms with Gasteiger partial charge < -0.3 is 4.74 Å². The van der Waals surface area contributed by atoms with Crippen molar-refractivity contribution in [2.45, 2.75) is 18.4 Å². The molecular weight excluding hydrogens is 280 g/mol. The molecule has 0 fully saturated rings. The lowest BCUT2D eigenvalue weighted by molar-refractivity contribution is 0.457. The fraction of sp³-hybridized carbons (Fsp3) is 0.200. The molecule has 104 valence electrons. The molecular formula is C15H13F2NOS. The number of hydrogen-bond donors (Lipinski definition) is 0. The van der Waals surface area contributed by atoms with Crippen LogP contribution in [0.1, 0.15) is 11.1 Å². The zero-order valence-corrected chi connectivity index (χ0v) is 11.9. The van der Waals surface area contributed by atoms with E-state index in [-0.39, 0.29) is 0 Å². The Morgan fingerprint density at radius 1 is 1.15 bits per heavy atom. The van der Waals surface area contributed by atoms with E-state index in [1.165, 1.54) is 16.5 Å². The maximum atomic E-state index is 13.2. The van der Waals surface area contributed by atoms with Gasteiger partial charge in [0.15, 0.2) is 11.6 Å². The summed E-state index contributed by atoms with van der Waals surface area (Å²) in [7, 11) is 2.03. The summed E-state index contributed by atoms with van der Waals surface area (Å²) in [6, 6.07) is 7.42. The van der Waals surface area contributed by atoms with Crippen LogP contribution in [-0.2, 0) is 6.54 Å². The van der Waals surface area contributed by atoms with Crippen molar-refractivity contribution in [3.63, 3.8) is 0 Å². The second-order valence-electron chi connectivity index (χ2n) is 4.73. The van der Waals surface area contributed by atoms with Crippen LogP contribution >= 0.6 is 11.9 Å². The van der Waals surface area contributed by atoms with Crippen LogP contribution in [-0.4, -0.2) is 11.4 Å². The van der Waals surface area contributed by atoms with Gasteiger partial charge in [0.05, 0.1) is 0 Å². The minimum Gasteiger partial charge on any atom is -0.457 e. The van der Waals surface area contributed by atoms with E-state index in [9.17, 15) is 8.78 Å². The predicted octanol–water partition coefficient (Wildman–Crippen LogP) is 4.52. The minimum absolute atomic E-state index is 0.295. The average molecular weight is 293 g/mol. The number of hydrogen-bond acceptors (Lipinski definition) is 3. The number of benzene rings is 2. The molecule has 2 nitrogen and oxygen atoms in total. The van der Waals surface area contributed by atoms with Gasteiger partial charge in [-0.1, -0.05) is 6.07 Å². The van der Waals surface area contributed by atoms with Gasteiger partial charge in [0.2, 0.25) is 0 Å². The molecule has 1 aliphatic rings. The molecule has 0 spiro atoms. The Bertz CT molecular complexity index is 675. The summed E-state index contributed by atoms with van der Waals surface area (Å²) in [5, 5.41) is 0. The van der Waals surface area contributed by atoms with E-state index in [4.69, 9.17) is 4.74 Å². The van der Waals surface area contributed by atoms with Gasteiger partial charge in [0, 0.05) is 23.1 Å². The van der Waals surface area contributed by atoms with Gasteiger partial charge in [-0.2, -0.15) is 0 Å². The van der Waals surface area contributed by atoms with Gasteiger partial charge in [-0.25, -0.2) is 13.1 Å². The van der Waals surface area contributed by atoms with Crippen molar-refractivity contribution in [2.24, 2.45) is 0 Å². The topological polar surface area (TPSA) is 12.5 Å². The van der Waals surface area contributed by atoms with E-state index in [2.05, 4.69) is 4.31 Å². The second-order valence-corrected chi connectivity index (χ2v) is 5.95. The van der Waals surface area contributed by atoms with Crippen LogP contribution < -0.4 is 4.74 Å². The van der Waals surface area contributed by atoms with Crippen LogP contribution in [0.2, 0.25) is 0 Å². The third kappa shape index (κ3) is 2.39. The SMILES string of the molecule is Cc1c(Oc2ccc(F)c(F)c2)ccc2c1SN(C)C2. The monoisotopic (exact) mass is 293 g/mol. The Morgan fingerprint density at radius 3 is 2.70 bits per heavy atom. The van der Waals surface area contributed by atoms with Gasteiger partial charge in [-0.3, -0.25) is 0 Å². The van der Waals surface area contributed by atoms with E-state index >= 15 is 0 Å². The highest BCUT2D eigenvalue weighted by Gasteiger charge is 2.21. The number of rotatable bonds is 2. The van der Waals surface area contributed by atoms with Crippen molar-refractivity contribution in [1.29, 1.82) is 0 Å². The van der Waals surface area contributed by atoms with Crippen LogP contribution in [0.5, 0.6) is 11.5 Å². The van der Waals surface area contributed by atoms with Crippen LogP contribution in [0.4, 0.5) is 8.78 Å². The summed E-state index contributed by atoms with van der Waals surface area (Å²) in [5.74, 6) is -0.823. The van der Waals surface area contributed by atoms with Crippen molar-refractivity contribution in [1.82, 2.24) is 4.31 Å². The zero-order chi connectivity index (χ0) is 14.3. The molecule has 0 N–H and O–H groups in total. The normalized spacial score (nSPS) is 14.4. The molecule has 0 bridgehead atoms. The minimum atomic E-state index is -0.907. The molecule has 2 aromatic rings. The summed E-state index contributed by atoms with van der Waals surface area (Å²) in [4.78, 5) is 1.17. The molecule has 0 aromatic heterocycles. The zero-order valence-electron chi connectivity index (χ0n) is 11.1. The van der Waals surface area contributed by atoms with E-state index in [0.717, 1.165) is 24.2 Å². The maximum absolute atomic E-state index is 13.2. The molecule has 5 heteroatoms. The number of fused-ring (bicyclic) bond motifs is 1. The van der Waals surface area contributed by atoms with Crippen molar-refractivity contribution >= 4 is 11.9 Å². The first-order valence-corrected chi connectivity index (χ1v) is 6.96. The van der Waals surface area contributed by atoms with Crippen LogP contribution in [0.3, 0.4) is 0 Å². The second kappa shape index (κ2) is 5.07. The Hall–Kier alpha value is -1.59. The smallest absolute Gasteiger partial charge is 0.162 e. The fourth-order valence-electron chi connectivity index (χ4n) is 2.19. The van der Waals surface area contributed by atoms with Gasteiger partial charge in [0.25, 0.3) is 0 Å². The molecule has 0 saturated carbocycles. The first-order chi connectivity index (χ1) is 9.54. The Balaban J connectivity index is 1.92. The molecule has 0 saturated heterocycles. The summed E-state index contributed by atoms with van der Waals surface area (Å²) in [5.41, 5.74) is 2.27. The highest BCUT2D eigenvalue weighted by molar-refractivity contribution is 7.97. The van der Waals surface area contributed by atoms with E-state index in [1.807, 2.05) is 26.1 Å². The number of halogens is 2. The molecule has 2 aromatic carbocycles. The quantitative estimate of drug-likeness (QED) is 0.755. The predicted molar refractivity (Wildman–Crippen MR) is 74.9 cm³/mol. The lowest BCUT2D eigenvalue weighted by Gasteiger charge is -2.11. The Kier molecular flexibility index (Phi) is 3.40.